The molecule has 0 saturated carbocycles. The van der Waals surface area contributed by atoms with Gasteiger partial charge in [-0.15, -0.1) is 0 Å². The van der Waals surface area contributed by atoms with Gasteiger partial charge in [0, 0.05) is 29.7 Å². The molecule has 2 N–H and O–H groups in total. The molecular formula is C26H28N4O4S. The lowest BCUT2D eigenvalue weighted by molar-refractivity contribution is -0.121. The van der Waals surface area contributed by atoms with Crippen LogP contribution in [0.25, 0.3) is 6.08 Å². The Hall–Kier alpha value is -3.72. The van der Waals surface area contributed by atoms with E-state index in [4.69, 9.17) is 9.47 Å². The van der Waals surface area contributed by atoms with Gasteiger partial charge in [-0.1, -0.05) is 36.4 Å². The molecule has 2 amide bonds. The number of aromatic nitrogens is 2. The van der Waals surface area contributed by atoms with Gasteiger partial charge in [0.15, 0.2) is 11.5 Å². The highest BCUT2D eigenvalue weighted by Gasteiger charge is 2.24. The summed E-state index contributed by atoms with van der Waals surface area (Å²) in [5.41, 5.74) is 3.84. The molecule has 0 atom stereocenters. The van der Waals surface area contributed by atoms with Crippen LogP contribution in [0, 0.1) is 0 Å². The van der Waals surface area contributed by atoms with Crippen LogP contribution in [0.1, 0.15) is 22.4 Å². The van der Waals surface area contributed by atoms with Gasteiger partial charge in [0.2, 0.25) is 11.8 Å². The summed E-state index contributed by atoms with van der Waals surface area (Å²) in [5, 5.41) is 10.4. The van der Waals surface area contributed by atoms with Crippen LogP contribution in [-0.2, 0) is 34.1 Å². The molecule has 4 rings (SSSR count). The molecule has 8 nitrogen and oxygen atoms in total. The minimum atomic E-state index is -0.301. The normalized spacial score (nSPS) is 12.4. The molecule has 0 aliphatic carbocycles. The minimum absolute atomic E-state index is 0.0431. The maximum Gasteiger partial charge on any atom is 0.249 e. The molecule has 0 unspecified atom stereocenters. The maximum absolute atomic E-state index is 12.7. The molecule has 0 saturated heterocycles. The predicted molar refractivity (Wildman–Crippen MR) is 138 cm³/mol. The third-order valence-corrected chi connectivity index (χ3v) is 6.54. The number of carbonyl (C=O) groups excluding carboxylic acids is 2. The molecule has 1 aliphatic heterocycles. The highest BCUT2D eigenvalue weighted by Crippen LogP contribution is 2.34. The van der Waals surface area contributed by atoms with Crippen molar-refractivity contribution in [2.45, 2.75) is 24.5 Å². The van der Waals surface area contributed by atoms with Gasteiger partial charge in [0.05, 0.1) is 19.9 Å². The second-order valence-corrected chi connectivity index (χ2v) is 8.93. The van der Waals surface area contributed by atoms with Crippen molar-refractivity contribution in [1.29, 1.82) is 0 Å². The molecule has 1 aliphatic rings. The summed E-state index contributed by atoms with van der Waals surface area (Å²) in [7, 11) is 3.14. The molecule has 2 aromatic carbocycles. The Morgan fingerprint density at radius 2 is 1.89 bits per heavy atom. The van der Waals surface area contributed by atoms with Gasteiger partial charge >= 0.3 is 0 Å². The number of amides is 2. The van der Waals surface area contributed by atoms with E-state index >= 15 is 0 Å². The number of nitrogens with zero attached hydrogens (tertiary/aromatic N) is 2. The molecule has 182 valence electrons. The van der Waals surface area contributed by atoms with Crippen molar-refractivity contribution in [2.75, 3.05) is 26.1 Å². The largest absolute Gasteiger partial charge is 0.493 e. The van der Waals surface area contributed by atoms with Gasteiger partial charge in [-0.25, -0.2) is 4.68 Å². The van der Waals surface area contributed by atoms with Crippen molar-refractivity contribution >= 4 is 35.5 Å². The maximum atomic E-state index is 12.7. The van der Waals surface area contributed by atoms with Gasteiger partial charge in [-0.2, -0.15) is 16.9 Å². The molecule has 1 aromatic heterocycles. The second-order valence-electron chi connectivity index (χ2n) is 7.95. The summed E-state index contributed by atoms with van der Waals surface area (Å²) in [4.78, 5) is 25.3. The lowest BCUT2D eigenvalue weighted by Crippen LogP contribution is -2.30. The van der Waals surface area contributed by atoms with Gasteiger partial charge in [-0.05, 0) is 35.8 Å². The van der Waals surface area contributed by atoms with E-state index in [2.05, 4.69) is 15.7 Å². The average molecular weight is 493 g/mol. The fourth-order valence-corrected chi connectivity index (χ4v) is 4.82. The summed E-state index contributed by atoms with van der Waals surface area (Å²) in [6.07, 6.45) is 3.90. The number of rotatable bonds is 10. The number of fused-ring (bicyclic) bond motifs is 1. The number of thioether (sulfide) groups is 1. The first kappa shape index (κ1) is 24.4. The number of anilines is 1. The summed E-state index contributed by atoms with van der Waals surface area (Å²) in [5.74, 6) is 2.85. The van der Waals surface area contributed by atoms with Crippen molar-refractivity contribution < 1.29 is 19.1 Å². The molecule has 35 heavy (non-hydrogen) atoms. The molecule has 0 radical (unpaired) electrons. The molecule has 9 heteroatoms. The standard InChI is InChI=1S/C26H28N4O4S/c1-33-22-10-8-19(14-23(22)34-2)9-11-24(31)28-26-20-16-35-17-21(20)29-30(26)15-25(32)27-13-12-18-6-4-3-5-7-18/h3-11,14H,12-13,15-17H2,1-2H3,(H,27,32)(H,28,31)/b11-9-. The van der Waals surface area contributed by atoms with Crippen molar-refractivity contribution in [3.8, 4) is 11.5 Å². The topological polar surface area (TPSA) is 94.5 Å². The van der Waals surface area contributed by atoms with Crippen molar-refractivity contribution in [1.82, 2.24) is 15.1 Å². The van der Waals surface area contributed by atoms with E-state index in [-0.39, 0.29) is 18.4 Å². The first-order chi connectivity index (χ1) is 17.1. The molecule has 0 fully saturated rings. The van der Waals surface area contributed by atoms with Gasteiger partial charge in [0.1, 0.15) is 12.4 Å². The van der Waals surface area contributed by atoms with Crippen LogP contribution in [0.5, 0.6) is 11.5 Å². The Morgan fingerprint density at radius 3 is 2.66 bits per heavy atom. The Bertz CT molecular complexity index is 1220. The molecule has 0 spiro atoms. The van der Waals surface area contributed by atoms with Gasteiger partial charge in [0.25, 0.3) is 0 Å². The zero-order valence-corrected chi connectivity index (χ0v) is 20.6. The van der Waals surface area contributed by atoms with Crippen molar-refractivity contribution in [3.05, 3.63) is 77.0 Å². The lowest BCUT2D eigenvalue weighted by atomic mass is 10.1. The van der Waals surface area contributed by atoms with E-state index in [0.29, 0.717) is 23.9 Å². The van der Waals surface area contributed by atoms with E-state index < -0.39 is 0 Å². The van der Waals surface area contributed by atoms with Crippen molar-refractivity contribution in [2.24, 2.45) is 0 Å². The first-order valence-corrected chi connectivity index (χ1v) is 12.4. The van der Waals surface area contributed by atoms with Crippen LogP contribution in [0.2, 0.25) is 0 Å². The highest BCUT2D eigenvalue weighted by molar-refractivity contribution is 7.98. The number of hydrogen-bond acceptors (Lipinski definition) is 6. The zero-order valence-electron chi connectivity index (χ0n) is 19.7. The highest BCUT2D eigenvalue weighted by atomic mass is 32.2. The number of carbonyl (C=O) groups is 2. The summed E-state index contributed by atoms with van der Waals surface area (Å²) >= 11 is 1.74. The van der Waals surface area contributed by atoms with E-state index in [1.54, 1.807) is 48.9 Å². The van der Waals surface area contributed by atoms with Crippen LogP contribution >= 0.6 is 11.8 Å². The zero-order chi connectivity index (χ0) is 24.6. The number of methoxy groups -OCH3 is 2. The van der Waals surface area contributed by atoms with Gasteiger partial charge in [-0.3, -0.25) is 9.59 Å². The smallest absolute Gasteiger partial charge is 0.249 e. The fraction of sp³-hybridized carbons (Fsp3) is 0.269. The Kier molecular flexibility index (Phi) is 8.10. The predicted octanol–water partition coefficient (Wildman–Crippen LogP) is 3.66. The lowest BCUT2D eigenvalue weighted by Gasteiger charge is -2.11. The number of benzene rings is 2. The number of ether oxygens (including phenoxy) is 2. The minimum Gasteiger partial charge on any atom is -0.493 e. The summed E-state index contributed by atoms with van der Waals surface area (Å²) in [6.45, 7) is 0.580. The molecule has 0 bridgehead atoms. The summed E-state index contributed by atoms with van der Waals surface area (Å²) in [6, 6.07) is 15.4. The van der Waals surface area contributed by atoms with E-state index in [9.17, 15) is 9.59 Å². The Labute approximate surface area is 208 Å². The monoisotopic (exact) mass is 492 g/mol. The number of hydrogen-bond donors (Lipinski definition) is 2. The van der Waals surface area contributed by atoms with Gasteiger partial charge < -0.3 is 20.1 Å². The Morgan fingerprint density at radius 1 is 1.09 bits per heavy atom. The van der Waals surface area contributed by atoms with Crippen LogP contribution in [0.15, 0.2) is 54.6 Å². The van der Waals surface area contributed by atoms with Crippen LogP contribution < -0.4 is 20.1 Å². The average Bonchev–Trinajstić information content (AvgIpc) is 3.45. The third kappa shape index (κ3) is 6.24. The Balaban J connectivity index is 1.40. The fourth-order valence-electron chi connectivity index (χ4n) is 3.79. The van der Waals surface area contributed by atoms with Crippen LogP contribution in [0.3, 0.4) is 0 Å². The van der Waals surface area contributed by atoms with E-state index in [1.807, 2.05) is 36.4 Å². The van der Waals surface area contributed by atoms with Crippen LogP contribution in [0.4, 0.5) is 5.82 Å². The third-order valence-electron chi connectivity index (χ3n) is 5.57. The SMILES string of the molecule is COc1ccc(/C=C\C(=O)Nc2c3c(nn2CC(=O)NCCc2ccccc2)CSC3)cc1OC. The quantitative estimate of drug-likeness (QED) is 0.420. The number of nitrogens with one attached hydrogen (secondary N) is 2. The summed E-state index contributed by atoms with van der Waals surface area (Å²) < 4.78 is 12.2. The van der Waals surface area contributed by atoms with E-state index in [0.717, 1.165) is 40.3 Å². The van der Waals surface area contributed by atoms with E-state index in [1.165, 1.54) is 6.08 Å². The van der Waals surface area contributed by atoms with Crippen LogP contribution in [-0.4, -0.2) is 42.4 Å². The second kappa shape index (κ2) is 11.6. The van der Waals surface area contributed by atoms with Crippen molar-refractivity contribution in [3.63, 3.8) is 0 Å². The molecule has 2 heterocycles. The molecule has 3 aromatic rings. The first-order valence-electron chi connectivity index (χ1n) is 11.3. The molecular weight excluding hydrogens is 464 g/mol.